The molecule has 0 radical (unpaired) electrons. The van der Waals surface area contributed by atoms with Crippen LogP contribution in [0.3, 0.4) is 0 Å². The zero-order chi connectivity index (χ0) is 33.8. The number of aliphatic hydroxyl groups excluding tert-OH is 1. The van der Waals surface area contributed by atoms with Crippen LogP contribution in [-0.2, 0) is 23.9 Å². The summed E-state index contributed by atoms with van der Waals surface area (Å²) in [5.41, 5.74) is -0.475. The highest BCUT2D eigenvalue weighted by molar-refractivity contribution is 6.05. The molecule has 3 aliphatic heterocycles. The second-order valence-corrected chi connectivity index (χ2v) is 13.5. The zero-order valence-corrected chi connectivity index (χ0v) is 28.7. The maximum atomic E-state index is 15.0. The highest BCUT2D eigenvalue weighted by Gasteiger charge is 2.81. The number of ether oxygens (including phenoxy) is 2. The van der Waals surface area contributed by atoms with E-state index in [1.807, 2.05) is 58.0 Å². The highest BCUT2D eigenvalue weighted by atomic mass is 16.6. The number of nitrogens with zero attached hydrogens (tertiary/aromatic N) is 3. The van der Waals surface area contributed by atoms with Crippen molar-refractivity contribution >= 4 is 29.2 Å². The van der Waals surface area contributed by atoms with Crippen LogP contribution in [0, 0.1) is 23.7 Å². The first-order chi connectivity index (χ1) is 22.0. The Kier molecular flexibility index (Phi) is 11.4. The summed E-state index contributed by atoms with van der Waals surface area (Å²) in [6.07, 6.45) is 7.03. The van der Waals surface area contributed by atoms with Crippen LogP contribution < -0.4 is 9.80 Å². The second-order valence-electron chi connectivity index (χ2n) is 13.5. The fraction of sp³-hybridized carbons (Fsp3) is 0.649. The average molecular weight is 638 g/mol. The van der Waals surface area contributed by atoms with Gasteiger partial charge in [-0.1, -0.05) is 39.3 Å². The molecule has 1 N–H and O–H groups in total. The summed E-state index contributed by atoms with van der Waals surface area (Å²) in [5, 5.41) is 10.7. The lowest BCUT2D eigenvalue weighted by Gasteiger charge is -2.41. The van der Waals surface area contributed by atoms with Gasteiger partial charge in [0, 0.05) is 31.0 Å². The highest BCUT2D eigenvalue weighted by Crippen LogP contribution is 2.66. The average Bonchev–Trinajstić information content (AvgIpc) is 3.57. The van der Waals surface area contributed by atoms with Crippen molar-refractivity contribution in [3.63, 3.8) is 0 Å². The summed E-state index contributed by atoms with van der Waals surface area (Å²) in [7, 11) is 0. The Morgan fingerprint density at radius 3 is 2.35 bits per heavy atom. The molecule has 46 heavy (non-hydrogen) atoms. The first-order valence-corrected chi connectivity index (χ1v) is 17.2. The number of aliphatic hydroxyl groups is 1. The molecule has 3 unspecified atom stereocenters. The Labute approximate surface area is 275 Å². The van der Waals surface area contributed by atoms with E-state index in [2.05, 4.69) is 31.9 Å². The van der Waals surface area contributed by atoms with Crippen molar-refractivity contribution < 1.29 is 29.0 Å². The maximum Gasteiger partial charge on any atom is 0.312 e. The smallest absolute Gasteiger partial charge is 0.312 e. The lowest BCUT2D eigenvalue weighted by Crippen LogP contribution is -2.60. The molecule has 1 aromatic rings. The number of carbonyl (C=O) groups is 3. The minimum absolute atomic E-state index is 0.0962. The molecule has 9 heteroatoms. The Morgan fingerprint density at radius 1 is 1.13 bits per heavy atom. The number of unbranched alkanes of at least 4 members (excludes halogenated alkanes) is 2. The van der Waals surface area contributed by atoms with Gasteiger partial charge in [0.25, 0.3) is 5.91 Å². The van der Waals surface area contributed by atoms with Crippen LogP contribution in [0.2, 0.25) is 0 Å². The van der Waals surface area contributed by atoms with E-state index in [4.69, 9.17) is 9.47 Å². The topological polar surface area (TPSA) is 99.6 Å². The van der Waals surface area contributed by atoms with E-state index in [-0.39, 0.29) is 43.4 Å². The molecule has 1 aromatic carbocycles. The number of benzene rings is 1. The van der Waals surface area contributed by atoms with Crippen LogP contribution in [0.25, 0.3) is 0 Å². The van der Waals surface area contributed by atoms with Crippen LogP contribution in [0.15, 0.2) is 49.6 Å². The molecule has 2 bridgehead atoms. The number of fused-ring (bicyclic) bond motifs is 1. The van der Waals surface area contributed by atoms with Crippen molar-refractivity contribution in [1.82, 2.24) is 4.90 Å². The summed E-state index contributed by atoms with van der Waals surface area (Å²) < 4.78 is 12.7. The molecule has 3 heterocycles. The monoisotopic (exact) mass is 637 g/mol. The number of hydrogen-bond donors (Lipinski definition) is 1. The molecule has 0 saturated carbocycles. The number of carbonyl (C=O) groups excluding carboxylic acids is 3. The number of hydrogen-bond acceptors (Lipinski definition) is 7. The Hall–Kier alpha value is -3.17. The minimum atomic E-state index is -1.24. The number of allylic oxidation sites excluding steroid dienone is 1. The molecule has 0 aliphatic carbocycles. The van der Waals surface area contributed by atoms with Crippen LogP contribution >= 0.6 is 0 Å². The van der Waals surface area contributed by atoms with Crippen LogP contribution in [-0.4, -0.2) is 83.9 Å². The number of esters is 1. The standard InChI is InChI=1S/C37H55N3O6/c1-9-14-15-16-22-45-35(44)31-30-33(42)40(29(24-41)25(6)11-3)32(37(30)23-26(7)36(31,8)46-37)34(43)39(21-10-2)28-19-17-27(18-20-28)38(12-4)13-5/h9-10,17-20,25-26,29-32,41H,1-2,11-16,21-24H2,3-8H3/t25-,26?,29-,30-,31+,32?,36-,37?/m0/s1. The number of likely N-dealkylation sites (tertiary alicyclic amines) is 1. The molecular formula is C37H55N3O6. The number of rotatable bonds is 17. The molecule has 254 valence electrons. The van der Waals surface area contributed by atoms with Gasteiger partial charge in [-0.3, -0.25) is 14.4 Å². The maximum absolute atomic E-state index is 15.0. The molecule has 3 aliphatic rings. The third kappa shape index (κ3) is 6.01. The summed E-state index contributed by atoms with van der Waals surface area (Å²) in [6.45, 7) is 21.7. The SMILES string of the molecule is C=CCCCCOC(=O)[C@H]1[C@H]2C(=O)N([C@@H](CO)[C@@H](C)CC)C(C(=O)N(CC=C)c3ccc(N(CC)CC)cc3)C23CC(C)[C@]1(C)O3. The third-order valence-electron chi connectivity index (χ3n) is 11.0. The third-order valence-corrected chi connectivity index (χ3v) is 11.0. The predicted octanol–water partition coefficient (Wildman–Crippen LogP) is 5.37. The normalized spacial score (nSPS) is 29.3. The molecule has 8 atom stereocenters. The van der Waals surface area contributed by atoms with E-state index in [1.165, 1.54) is 0 Å². The van der Waals surface area contributed by atoms with Gasteiger partial charge in [0.15, 0.2) is 0 Å². The summed E-state index contributed by atoms with van der Waals surface area (Å²) in [6, 6.07) is 6.19. The van der Waals surface area contributed by atoms with Crippen LogP contribution in [0.5, 0.6) is 0 Å². The quantitative estimate of drug-likeness (QED) is 0.139. The number of anilines is 2. The van der Waals surface area contributed by atoms with Crippen LogP contribution in [0.4, 0.5) is 11.4 Å². The van der Waals surface area contributed by atoms with E-state index < -0.39 is 41.1 Å². The lowest BCUT2D eigenvalue weighted by atomic mass is 9.62. The van der Waals surface area contributed by atoms with Crippen molar-refractivity contribution in [2.75, 3.05) is 42.6 Å². The van der Waals surface area contributed by atoms with Gasteiger partial charge in [0.05, 0.1) is 30.8 Å². The van der Waals surface area contributed by atoms with Crippen molar-refractivity contribution in [3.05, 3.63) is 49.6 Å². The van der Waals surface area contributed by atoms with Crippen LogP contribution in [0.1, 0.15) is 73.6 Å². The van der Waals surface area contributed by atoms with Gasteiger partial charge in [-0.25, -0.2) is 0 Å². The van der Waals surface area contributed by atoms with E-state index in [9.17, 15) is 14.7 Å². The van der Waals surface area contributed by atoms with Gasteiger partial charge < -0.3 is 29.3 Å². The minimum Gasteiger partial charge on any atom is -0.465 e. The summed E-state index contributed by atoms with van der Waals surface area (Å²) in [4.78, 5) is 49.0. The Balaban J connectivity index is 1.79. The van der Waals surface area contributed by atoms with Crippen molar-refractivity contribution in [2.24, 2.45) is 23.7 Å². The van der Waals surface area contributed by atoms with Gasteiger partial charge in [-0.05, 0) is 82.6 Å². The largest absolute Gasteiger partial charge is 0.465 e. The molecule has 0 aromatic heterocycles. The predicted molar refractivity (Wildman–Crippen MR) is 182 cm³/mol. The molecule has 1 spiro atoms. The van der Waals surface area contributed by atoms with E-state index in [0.29, 0.717) is 24.9 Å². The van der Waals surface area contributed by atoms with Gasteiger partial charge in [-0.15, -0.1) is 13.2 Å². The van der Waals surface area contributed by atoms with Crippen molar-refractivity contribution in [3.8, 4) is 0 Å². The summed E-state index contributed by atoms with van der Waals surface area (Å²) in [5.74, 6) is -3.04. The molecule has 4 rings (SSSR count). The van der Waals surface area contributed by atoms with Crippen molar-refractivity contribution in [2.45, 2.75) is 96.9 Å². The van der Waals surface area contributed by atoms with Gasteiger partial charge in [0.2, 0.25) is 5.91 Å². The van der Waals surface area contributed by atoms with Crippen molar-refractivity contribution in [1.29, 1.82) is 0 Å². The fourth-order valence-electron chi connectivity index (χ4n) is 8.17. The molecule has 9 nitrogen and oxygen atoms in total. The Morgan fingerprint density at radius 2 is 1.78 bits per heavy atom. The first kappa shape index (κ1) is 35.7. The molecular weight excluding hydrogens is 582 g/mol. The zero-order valence-electron chi connectivity index (χ0n) is 28.7. The first-order valence-electron chi connectivity index (χ1n) is 17.2. The van der Waals surface area contributed by atoms with E-state index >= 15 is 4.79 Å². The van der Waals surface area contributed by atoms with Gasteiger partial charge in [0.1, 0.15) is 17.6 Å². The van der Waals surface area contributed by atoms with Gasteiger partial charge >= 0.3 is 5.97 Å². The van der Waals surface area contributed by atoms with E-state index in [0.717, 1.165) is 31.6 Å². The molecule has 2 amide bonds. The molecule has 3 fully saturated rings. The van der Waals surface area contributed by atoms with Gasteiger partial charge in [-0.2, -0.15) is 0 Å². The Bertz CT molecular complexity index is 1260. The fourth-order valence-corrected chi connectivity index (χ4v) is 8.17. The summed E-state index contributed by atoms with van der Waals surface area (Å²) >= 11 is 0. The van der Waals surface area contributed by atoms with E-state index in [1.54, 1.807) is 15.9 Å². The number of amides is 2. The second kappa shape index (κ2) is 14.7. The lowest BCUT2D eigenvalue weighted by molar-refractivity contribution is -0.163. The molecule has 3 saturated heterocycles.